The number of para-hydroxylation sites is 1. The molecule has 12 heteroatoms. The minimum Gasteiger partial charge on any atom is -0.368 e. The van der Waals surface area contributed by atoms with Crippen molar-refractivity contribution < 1.29 is 9.72 Å². The van der Waals surface area contributed by atoms with E-state index in [0.717, 1.165) is 32.9 Å². The Balaban J connectivity index is 1.09. The number of thiazole rings is 1. The Hall–Kier alpha value is -4.55. The van der Waals surface area contributed by atoms with Gasteiger partial charge in [-0.05, 0) is 29.8 Å². The van der Waals surface area contributed by atoms with Gasteiger partial charge in [-0.1, -0.05) is 60.3 Å². The number of nitro groups is 1. The zero-order valence-corrected chi connectivity index (χ0v) is 24.2. The molecule has 0 atom stereocenters. The standard InChI is InChI=1S/C30H27N7O3S2/c38-29(35-17-15-34(16-18-35)23-11-13-25(14-12-23)37(39)40)26-20-41-28(31-26)21-42-30-33-32-27(19-22-7-3-1-4-8-22)36(30)24-9-5-2-6-10-24/h1-14,20H,15-19,21H2. The van der Waals surface area contributed by atoms with Gasteiger partial charge in [-0.25, -0.2) is 4.98 Å². The predicted octanol–water partition coefficient (Wildman–Crippen LogP) is 5.48. The number of thioether (sulfide) groups is 1. The van der Waals surface area contributed by atoms with Crippen molar-refractivity contribution in [3.63, 3.8) is 0 Å². The number of benzene rings is 3. The Kier molecular flexibility index (Phi) is 8.24. The van der Waals surface area contributed by atoms with E-state index in [2.05, 4.69) is 36.8 Å². The molecule has 1 amide bonds. The molecule has 42 heavy (non-hydrogen) atoms. The normalized spacial score (nSPS) is 13.3. The van der Waals surface area contributed by atoms with Crippen molar-refractivity contribution in [2.45, 2.75) is 17.3 Å². The summed E-state index contributed by atoms with van der Waals surface area (Å²) in [6.07, 6.45) is 0.663. The van der Waals surface area contributed by atoms with Gasteiger partial charge in [0.2, 0.25) is 0 Å². The van der Waals surface area contributed by atoms with Gasteiger partial charge in [-0.2, -0.15) is 0 Å². The lowest BCUT2D eigenvalue weighted by Crippen LogP contribution is -2.48. The fourth-order valence-electron chi connectivity index (χ4n) is 4.84. The summed E-state index contributed by atoms with van der Waals surface area (Å²) >= 11 is 3.02. The highest BCUT2D eigenvalue weighted by Gasteiger charge is 2.25. The van der Waals surface area contributed by atoms with Crippen molar-refractivity contribution in [2.24, 2.45) is 0 Å². The number of carbonyl (C=O) groups is 1. The van der Waals surface area contributed by atoms with Crippen LogP contribution < -0.4 is 4.90 Å². The molecule has 1 aliphatic heterocycles. The smallest absolute Gasteiger partial charge is 0.273 e. The fourth-order valence-corrected chi connectivity index (χ4v) is 6.60. The van der Waals surface area contributed by atoms with Crippen molar-refractivity contribution in [2.75, 3.05) is 31.1 Å². The first-order valence-corrected chi connectivity index (χ1v) is 15.3. The van der Waals surface area contributed by atoms with E-state index in [1.54, 1.807) is 23.9 Å². The minimum atomic E-state index is -0.404. The molecule has 0 N–H and O–H groups in total. The van der Waals surface area contributed by atoms with Crippen LogP contribution >= 0.6 is 23.1 Å². The van der Waals surface area contributed by atoms with Crippen molar-refractivity contribution in [3.05, 3.63) is 123 Å². The van der Waals surface area contributed by atoms with Gasteiger partial charge in [0.15, 0.2) is 5.16 Å². The largest absolute Gasteiger partial charge is 0.368 e. The summed E-state index contributed by atoms with van der Waals surface area (Å²) < 4.78 is 2.09. The van der Waals surface area contributed by atoms with E-state index in [1.165, 1.54) is 23.5 Å². The van der Waals surface area contributed by atoms with Crippen LogP contribution in [0, 0.1) is 10.1 Å². The highest BCUT2D eigenvalue weighted by atomic mass is 32.2. The molecule has 0 aliphatic carbocycles. The number of amides is 1. The SMILES string of the molecule is O=C(c1csc(CSc2nnc(Cc3ccccc3)n2-c2ccccc2)n1)N1CCN(c2ccc([N+](=O)[O-])cc2)CC1. The van der Waals surface area contributed by atoms with E-state index < -0.39 is 4.92 Å². The predicted molar refractivity (Wildman–Crippen MR) is 163 cm³/mol. The van der Waals surface area contributed by atoms with Gasteiger partial charge < -0.3 is 9.80 Å². The zero-order chi connectivity index (χ0) is 28.9. The summed E-state index contributed by atoms with van der Waals surface area (Å²) in [5.74, 6) is 1.35. The summed E-state index contributed by atoms with van der Waals surface area (Å²) in [7, 11) is 0. The third-order valence-electron chi connectivity index (χ3n) is 7.01. The summed E-state index contributed by atoms with van der Waals surface area (Å²) in [6.45, 7) is 2.41. The second kappa shape index (κ2) is 12.5. The summed E-state index contributed by atoms with van der Waals surface area (Å²) in [6, 6.07) is 26.8. The molecule has 1 saturated heterocycles. The topological polar surface area (TPSA) is 110 Å². The van der Waals surface area contributed by atoms with Gasteiger partial charge in [0.1, 0.15) is 16.5 Å². The number of nitro benzene ring substituents is 1. The van der Waals surface area contributed by atoms with E-state index in [0.29, 0.717) is 44.0 Å². The van der Waals surface area contributed by atoms with Gasteiger partial charge in [-0.3, -0.25) is 19.5 Å². The second-order valence-electron chi connectivity index (χ2n) is 9.70. The number of hydrogen-bond acceptors (Lipinski definition) is 9. The third-order valence-corrected chi connectivity index (χ3v) is 8.98. The molecule has 2 aromatic heterocycles. The van der Waals surface area contributed by atoms with E-state index >= 15 is 0 Å². The Morgan fingerprint density at radius 2 is 1.57 bits per heavy atom. The van der Waals surface area contributed by atoms with Crippen LogP contribution in [0.1, 0.15) is 26.9 Å². The lowest BCUT2D eigenvalue weighted by Gasteiger charge is -2.35. The van der Waals surface area contributed by atoms with Crippen molar-refractivity contribution in [1.82, 2.24) is 24.6 Å². The van der Waals surface area contributed by atoms with Crippen molar-refractivity contribution in [1.29, 1.82) is 0 Å². The third kappa shape index (κ3) is 6.19. The Labute approximate surface area is 250 Å². The number of non-ortho nitro benzene ring substituents is 1. The first-order chi connectivity index (χ1) is 20.5. The van der Waals surface area contributed by atoms with Crippen molar-refractivity contribution in [3.8, 4) is 5.69 Å². The lowest BCUT2D eigenvalue weighted by atomic mass is 10.1. The molecule has 1 fully saturated rings. The van der Waals surface area contributed by atoms with E-state index in [9.17, 15) is 14.9 Å². The number of anilines is 1. The second-order valence-corrected chi connectivity index (χ2v) is 11.6. The maximum atomic E-state index is 13.2. The summed E-state index contributed by atoms with van der Waals surface area (Å²) in [4.78, 5) is 32.3. The molecule has 3 aromatic carbocycles. The van der Waals surface area contributed by atoms with Crippen LogP contribution in [0.2, 0.25) is 0 Å². The molecular formula is C30H27N7O3S2. The molecule has 0 unspecified atom stereocenters. The molecule has 0 spiro atoms. The van der Waals surface area contributed by atoms with Gasteiger partial charge in [0.25, 0.3) is 11.6 Å². The average molecular weight is 598 g/mol. The molecule has 3 heterocycles. The molecule has 0 bridgehead atoms. The molecular weight excluding hydrogens is 571 g/mol. The Morgan fingerprint density at radius 1 is 0.881 bits per heavy atom. The van der Waals surface area contributed by atoms with Crippen LogP contribution in [0.25, 0.3) is 5.69 Å². The fraction of sp³-hybridized carbons (Fsp3) is 0.200. The molecule has 6 rings (SSSR count). The average Bonchev–Trinajstić information content (AvgIpc) is 3.68. The molecule has 0 saturated carbocycles. The van der Waals surface area contributed by atoms with Crippen LogP contribution in [-0.2, 0) is 12.2 Å². The summed E-state index contributed by atoms with van der Waals surface area (Å²) in [5, 5.41) is 23.4. The van der Waals surface area contributed by atoms with Gasteiger partial charge in [0.05, 0.1) is 10.7 Å². The Morgan fingerprint density at radius 3 is 2.26 bits per heavy atom. The van der Waals surface area contributed by atoms with Crippen LogP contribution in [0.15, 0.2) is 95.5 Å². The minimum absolute atomic E-state index is 0.0676. The van der Waals surface area contributed by atoms with E-state index in [-0.39, 0.29) is 11.6 Å². The molecule has 5 aromatic rings. The molecule has 10 nitrogen and oxygen atoms in total. The van der Waals surface area contributed by atoms with E-state index in [1.807, 2.05) is 58.8 Å². The zero-order valence-electron chi connectivity index (χ0n) is 22.6. The highest BCUT2D eigenvalue weighted by molar-refractivity contribution is 7.98. The quantitative estimate of drug-likeness (QED) is 0.125. The van der Waals surface area contributed by atoms with E-state index in [4.69, 9.17) is 0 Å². The number of hydrogen-bond donors (Lipinski definition) is 0. The Bertz CT molecular complexity index is 1670. The van der Waals surface area contributed by atoms with Crippen LogP contribution in [0.4, 0.5) is 11.4 Å². The monoisotopic (exact) mass is 597 g/mol. The highest BCUT2D eigenvalue weighted by Crippen LogP contribution is 2.28. The number of rotatable bonds is 9. The first-order valence-electron chi connectivity index (χ1n) is 13.4. The van der Waals surface area contributed by atoms with Gasteiger partial charge >= 0.3 is 0 Å². The van der Waals surface area contributed by atoms with Crippen LogP contribution in [0.5, 0.6) is 0 Å². The number of carbonyl (C=O) groups excluding carboxylic acids is 1. The maximum absolute atomic E-state index is 13.2. The molecule has 1 aliphatic rings. The van der Waals surface area contributed by atoms with Crippen LogP contribution in [-0.4, -0.2) is 61.7 Å². The first kappa shape index (κ1) is 27.6. The molecule has 212 valence electrons. The molecule has 0 radical (unpaired) electrons. The number of aromatic nitrogens is 4. The number of nitrogens with zero attached hydrogens (tertiary/aromatic N) is 7. The summed E-state index contributed by atoms with van der Waals surface area (Å²) in [5.41, 5.74) is 3.59. The van der Waals surface area contributed by atoms with Crippen LogP contribution in [0.3, 0.4) is 0 Å². The van der Waals surface area contributed by atoms with Crippen molar-refractivity contribution >= 4 is 40.4 Å². The van der Waals surface area contributed by atoms with Gasteiger partial charge in [-0.15, -0.1) is 21.5 Å². The lowest BCUT2D eigenvalue weighted by molar-refractivity contribution is -0.384. The van der Waals surface area contributed by atoms with Gasteiger partial charge in [0, 0.05) is 61.5 Å². The maximum Gasteiger partial charge on any atom is 0.273 e. The number of piperazine rings is 1.